The molecule has 2 aromatic rings. The van der Waals surface area contributed by atoms with Crippen molar-refractivity contribution < 1.29 is 14.0 Å². The summed E-state index contributed by atoms with van der Waals surface area (Å²) in [6, 6.07) is 6.81. The highest BCUT2D eigenvalue weighted by atomic mass is 16.3. The molecule has 0 saturated carbocycles. The number of hydrogen-bond acceptors (Lipinski definition) is 4. The van der Waals surface area contributed by atoms with E-state index in [9.17, 15) is 9.59 Å². The molecule has 0 aliphatic rings. The highest BCUT2D eigenvalue weighted by molar-refractivity contribution is 5.98. The molecular formula is C14H17N3O3. The second kappa shape index (κ2) is 5.64. The van der Waals surface area contributed by atoms with Gasteiger partial charge in [-0.25, -0.2) is 0 Å². The third kappa shape index (κ3) is 2.74. The van der Waals surface area contributed by atoms with Gasteiger partial charge in [-0.1, -0.05) is 0 Å². The van der Waals surface area contributed by atoms with Gasteiger partial charge in [-0.05, 0) is 31.2 Å². The van der Waals surface area contributed by atoms with Crippen LogP contribution in [0, 0.1) is 0 Å². The maximum Gasteiger partial charge on any atom is 0.290 e. The smallest absolute Gasteiger partial charge is 0.290 e. The molecule has 1 aromatic carbocycles. The van der Waals surface area contributed by atoms with Gasteiger partial charge in [0.05, 0.1) is 6.54 Å². The number of benzene rings is 1. The number of nitrogen functional groups attached to an aromatic ring is 1. The van der Waals surface area contributed by atoms with E-state index in [2.05, 4.69) is 5.32 Å². The highest BCUT2D eigenvalue weighted by Crippen LogP contribution is 2.22. The van der Waals surface area contributed by atoms with Crippen LogP contribution in [0.4, 0.5) is 5.69 Å². The lowest BCUT2D eigenvalue weighted by molar-refractivity contribution is -0.121. The summed E-state index contributed by atoms with van der Waals surface area (Å²) < 4.78 is 5.50. The van der Waals surface area contributed by atoms with Crippen LogP contribution in [0.25, 0.3) is 11.0 Å². The Balaban J connectivity index is 2.27. The molecule has 3 N–H and O–H groups in total. The number of nitrogens with two attached hydrogens (primary N) is 1. The molecule has 0 saturated heterocycles. The van der Waals surface area contributed by atoms with E-state index in [1.807, 2.05) is 6.92 Å². The van der Waals surface area contributed by atoms with Gasteiger partial charge in [0, 0.05) is 24.7 Å². The summed E-state index contributed by atoms with van der Waals surface area (Å²) in [6.07, 6.45) is 0. The number of furan rings is 1. The Morgan fingerprint density at radius 2 is 2.10 bits per heavy atom. The Bertz CT molecular complexity index is 648. The lowest BCUT2D eigenvalue weighted by Crippen LogP contribution is -2.39. The van der Waals surface area contributed by atoms with Crippen molar-refractivity contribution in [3.8, 4) is 0 Å². The largest absolute Gasteiger partial charge is 0.451 e. The SMILES string of the molecule is CCN(CC(=O)NC)C(=O)c1cc2cc(N)ccc2o1. The van der Waals surface area contributed by atoms with E-state index < -0.39 is 0 Å². The van der Waals surface area contributed by atoms with Crippen molar-refractivity contribution in [1.29, 1.82) is 0 Å². The number of carbonyl (C=O) groups excluding carboxylic acids is 2. The normalized spacial score (nSPS) is 10.5. The second-order valence-corrected chi connectivity index (χ2v) is 4.40. The molecule has 0 fully saturated rings. The fourth-order valence-corrected chi connectivity index (χ4v) is 1.90. The van der Waals surface area contributed by atoms with Gasteiger partial charge >= 0.3 is 0 Å². The minimum Gasteiger partial charge on any atom is -0.451 e. The minimum atomic E-state index is -0.314. The number of rotatable bonds is 4. The summed E-state index contributed by atoms with van der Waals surface area (Å²) in [6.45, 7) is 2.23. The van der Waals surface area contributed by atoms with Crippen molar-refractivity contribution in [2.75, 3.05) is 25.9 Å². The maximum absolute atomic E-state index is 12.3. The van der Waals surface area contributed by atoms with Gasteiger partial charge in [0.2, 0.25) is 5.91 Å². The first-order valence-corrected chi connectivity index (χ1v) is 6.34. The van der Waals surface area contributed by atoms with E-state index in [4.69, 9.17) is 10.2 Å². The topological polar surface area (TPSA) is 88.6 Å². The van der Waals surface area contributed by atoms with E-state index in [1.54, 1.807) is 24.3 Å². The third-order valence-corrected chi connectivity index (χ3v) is 3.03. The molecule has 0 spiro atoms. The van der Waals surface area contributed by atoms with Crippen LogP contribution < -0.4 is 11.1 Å². The number of hydrogen-bond donors (Lipinski definition) is 2. The molecule has 20 heavy (non-hydrogen) atoms. The zero-order valence-electron chi connectivity index (χ0n) is 11.5. The van der Waals surface area contributed by atoms with Crippen LogP contribution >= 0.6 is 0 Å². The molecule has 0 radical (unpaired) electrons. The van der Waals surface area contributed by atoms with Crippen LogP contribution in [0.1, 0.15) is 17.5 Å². The maximum atomic E-state index is 12.3. The van der Waals surface area contributed by atoms with Gasteiger partial charge < -0.3 is 20.4 Å². The molecule has 0 unspecified atom stereocenters. The first-order chi connectivity index (χ1) is 9.55. The van der Waals surface area contributed by atoms with Gasteiger partial charge in [0.25, 0.3) is 5.91 Å². The molecule has 106 valence electrons. The number of likely N-dealkylation sites (N-methyl/N-ethyl adjacent to an activating group) is 2. The van der Waals surface area contributed by atoms with Crippen LogP contribution in [0.2, 0.25) is 0 Å². The molecule has 6 heteroatoms. The quantitative estimate of drug-likeness (QED) is 0.821. The van der Waals surface area contributed by atoms with Crippen LogP contribution in [-0.2, 0) is 4.79 Å². The molecule has 6 nitrogen and oxygen atoms in total. The molecule has 0 bridgehead atoms. The Labute approximate surface area is 116 Å². The van der Waals surface area contributed by atoms with Crippen molar-refractivity contribution in [3.05, 3.63) is 30.0 Å². The van der Waals surface area contributed by atoms with Gasteiger partial charge in [-0.15, -0.1) is 0 Å². The Hall–Kier alpha value is -2.50. The molecule has 2 rings (SSSR count). The molecular weight excluding hydrogens is 258 g/mol. The van der Waals surface area contributed by atoms with Gasteiger partial charge in [0.1, 0.15) is 5.58 Å². The van der Waals surface area contributed by atoms with Crippen LogP contribution in [0.3, 0.4) is 0 Å². The number of amides is 2. The van der Waals surface area contributed by atoms with Crippen LogP contribution in [0.15, 0.2) is 28.7 Å². The molecule has 1 aromatic heterocycles. The summed E-state index contributed by atoms with van der Waals surface area (Å²) in [5.41, 5.74) is 6.89. The van der Waals surface area contributed by atoms with Crippen molar-refractivity contribution in [1.82, 2.24) is 10.2 Å². The van der Waals surface area contributed by atoms with E-state index >= 15 is 0 Å². The van der Waals surface area contributed by atoms with Crippen molar-refractivity contribution in [2.45, 2.75) is 6.92 Å². The average molecular weight is 275 g/mol. The Kier molecular flexibility index (Phi) is 3.93. The molecule has 2 amide bonds. The summed E-state index contributed by atoms with van der Waals surface area (Å²) in [5.74, 6) is -0.331. The van der Waals surface area contributed by atoms with Crippen molar-refractivity contribution in [3.63, 3.8) is 0 Å². The predicted octanol–water partition coefficient (Wildman–Crippen LogP) is 1.22. The van der Waals surface area contributed by atoms with Gasteiger partial charge in [-0.2, -0.15) is 0 Å². The number of anilines is 1. The van der Waals surface area contributed by atoms with Crippen LogP contribution in [0.5, 0.6) is 0 Å². The number of nitrogens with one attached hydrogen (secondary N) is 1. The minimum absolute atomic E-state index is 0.00498. The number of carbonyl (C=O) groups is 2. The average Bonchev–Trinajstić information content (AvgIpc) is 2.86. The van der Waals surface area contributed by atoms with Gasteiger partial charge in [0.15, 0.2) is 5.76 Å². The number of fused-ring (bicyclic) bond motifs is 1. The zero-order chi connectivity index (χ0) is 14.7. The van der Waals surface area contributed by atoms with Crippen LogP contribution in [-0.4, -0.2) is 36.9 Å². The lowest BCUT2D eigenvalue weighted by atomic mass is 10.2. The fourth-order valence-electron chi connectivity index (χ4n) is 1.90. The van der Waals surface area contributed by atoms with Crippen molar-refractivity contribution >= 4 is 28.5 Å². The zero-order valence-corrected chi connectivity index (χ0v) is 11.5. The van der Waals surface area contributed by atoms with Gasteiger partial charge in [-0.3, -0.25) is 9.59 Å². The molecule has 0 atom stereocenters. The Morgan fingerprint density at radius 1 is 1.35 bits per heavy atom. The molecule has 0 aliphatic carbocycles. The fraction of sp³-hybridized carbons (Fsp3) is 0.286. The molecule has 0 aliphatic heterocycles. The summed E-state index contributed by atoms with van der Waals surface area (Å²) in [4.78, 5) is 25.1. The summed E-state index contributed by atoms with van der Waals surface area (Å²) in [7, 11) is 1.53. The van der Waals surface area contributed by atoms with E-state index in [1.165, 1.54) is 11.9 Å². The third-order valence-electron chi connectivity index (χ3n) is 3.03. The first-order valence-electron chi connectivity index (χ1n) is 6.34. The monoisotopic (exact) mass is 275 g/mol. The molecule has 1 heterocycles. The van der Waals surface area contributed by atoms with E-state index in [-0.39, 0.29) is 24.1 Å². The van der Waals surface area contributed by atoms with Crippen molar-refractivity contribution in [2.24, 2.45) is 0 Å². The summed E-state index contributed by atoms with van der Waals surface area (Å²) >= 11 is 0. The van der Waals surface area contributed by atoms with E-state index in [0.717, 1.165) is 5.39 Å². The second-order valence-electron chi connectivity index (χ2n) is 4.40. The number of nitrogens with zero attached hydrogens (tertiary/aromatic N) is 1. The Morgan fingerprint density at radius 3 is 2.75 bits per heavy atom. The summed E-state index contributed by atoms with van der Waals surface area (Å²) in [5, 5.41) is 3.26. The lowest BCUT2D eigenvalue weighted by Gasteiger charge is -2.18. The van der Waals surface area contributed by atoms with E-state index in [0.29, 0.717) is 17.8 Å². The highest BCUT2D eigenvalue weighted by Gasteiger charge is 2.20. The predicted molar refractivity (Wildman–Crippen MR) is 76.3 cm³/mol. The standard InChI is InChI=1S/C14H17N3O3/c1-3-17(8-13(18)16-2)14(19)12-7-9-6-10(15)4-5-11(9)20-12/h4-7H,3,8,15H2,1-2H3,(H,16,18). The first kappa shape index (κ1) is 13.9.